The average Bonchev–Trinajstić information content (AvgIpc) is 2.63. The van der Waals surface area contributed by atoms with Gasteiger partial charge in [-0.1, -0.05) is 44.9 Å². The van der Waals surface area contributed by atoms with Crippen molar-refractivity contribution in [1.29, 1.82) is 0 Å². The normalized spacial score (nSPS) is 11.4. The van der Waals surface area contributed by atoms with Crippen LogP contribution in [0.5, 0.6) is 0 Å². The van der Waals surface area contributed by atoms with Crippen molar-refractivity contribution in [3.63, 3.8) is 0 Å². The lowest BCUT2D eigenvalue weighted by Crippen LogP contribution is -2.29. The Morgan fingerprint density at radius 3 is 2.35 bits per heavy atom. The molecule has 1 aromatic carbocycles. The highest BCUT2D eigenvalue weighted by Crippen LogP contribution is 2.23. The van der Waals surface area contributed by atoms with E-state index >= 15 is 0 Å². The number of pyridine rings is 2. The second kappa shape index (κ2) is 6.52. The molecule has 0 saturated heterocycles. The molecular formula is C20H22N2Si. The maximum atomic E-state index is 4.64. The van der Waals surface area contributed by atoms with Gasteiger partial charge in [0.2, 0.25) is 0 Å². The second-order valence-corrected chi connectivity index (χ2v) is 11.0. The van der Waals surface area contributed by atoms with E-state index in [1.165, 1.54) is 18.1 Å². The third kappa shape index (κ3) is 3.00. The molecular weight excluding hydrogens is 296 g/mol. The molecule has 3 heteroatoms. The van der Waals surface area contributed by atoms with E-state index in [0.717, 1.165) is 27.4 Å². The molecule has 0 bridgehead atoms. The Balaban J connectivity index is 2.07. The van der Waals surface area contributed by atoms with Crippen molar-refractivity contribution in [3.8, 4) is 11.5 Å². The van der Waals surface area contributed by atoms with Gasteiger partial charge in [-0.3, -0.25) is 9.97 Å². The monoisotopic (exact) mass is 318 g/mol. The smallest absolute Gasteiger partial charge is 0.138 e. The molecule has 0 fully saturated rings. The van der Waals surface area contributed by atoms with E-state index in [0.29, 0.717) is 0 Å². The van der Waals surface area contributed by atoms with Crippen molar-refractivity contribution in [2.75, 3.05) is 0 Å². The Hall–Kier alpha value is -2.18. The standard InChI is InChI=1S/C20H22N2Si/c1-4-23(5-2,6-3)13-11-16-14-18-10-9-17-8-7-12-21-19(17)20(18)22-15-16/h7-10,12,14-15H,4-6H2,1-3H3. The summed E-state index contributed by atoms with van der Waals surface area (Å²) in [7, 11) is -1.41. The summed E-state index contributed by atoms with van der Waals surface area (Å²) in [6, 6.07) is 14.1. The minimum absolute atomic E-state index is 0.957. The molecule has 0 atom stereocenters. The number of nitrogens with zero attached hydrogens (tertiary/aromatic N) is 2. The number of fused-ring (bicyclic) bond motifs is 3. The van der Waals surface area contributed by atoms with Crippen molar-refractivity contribution < 1.29 is 0 Å². The van der Waals surface area contributed by atoms with Crippen molar-refractivity contribution in [1.82, 2.24) is 9.97 Å². The zero-order valence-corrected chi connectivity index (χ0v) is 15.1. The molecule has 0 spiro atoms. The number of hydrogen-bond donors (Lipinski definition) is 0. The fourth-order valence-corrected chi connectivity index (χ4v) is 5.46. The van der Waals surface area contributed by atoms with Crippen molar-refractivity contribution in [2.45, 2.75) is 38.9 Å². The number of benzene rings is 1. The summed E-state index contributed by atoms with van der Waals surface area (Å²) < 4.78 is 0. The summed E-state index contributed by atoms with van der Waals surface area (Å²) in [4.78, 5) is 9.11. The van der Waals surface area contributed by atoms with Crippen molar-refractivity contribution in [3.05, 3.63) is 48.3 Å². The number of aromatic nitrogens is 2. The van der Waals surface area contributed by atoms with Crippen LogP contribution in [0.3, 0.4) is 0 Å². The molecule has 0 aliphatic rings. The van der Waals surface area contributed by atoms with Crippen LogP contribution in [-0.4, -0.2) is 18.0 Å². The lowest BCUT2D eigenvalue weighted by atomic mass is 10.1. The van der Waals surface area contributed by atoms with Gasteiger partial charge in [-0.15, -0.1) is 5.54 Å². The third-order valence-electron chi connectivity index (χ3n) is 4.93. The molecule has 0 amide bonds. The van der Waals surface area contributed by atoms with Crippen molar-refractivity contribution >= 4 is 29.9 Å². The van der Waals surface area contributed by atoms with Crippen molar-refractivity contribution in [2.24, 2.45) is 0 Å². The van der Waals surface area contributed by atoms with E-state index < -0.39 is 8.07 Å². The Bertz CT molecular complexity index is 893. The van der Waals surface area contributed by atoms with E-state index in [-0.39, 0.29) is 0 Å². The van der Waals surface area contributed by atoms with Gasteiger partial charge in [-0.05, 0) is 30.3 Å². The molecule has 0 radical (unpaired) electrons. The highest BCUT2D eigenvalue weighted by atomic mass is 28.3. The molecule has 0 N–H and O–H groups in total. The van der Waals surface area contributed by atoms with E-state index in [1.54, 1.807) is 0 Å². The van der Waals surface area contributed by atoms with E-state index in [9.17, 15) is 0 Å². The SMILES string of the molecule is CC[Si](C#Cc1cnc2c(ccc3cccnc32)c1)(CC)CC. The van der Waals surface area contributed by atoms with Crippen LogP contribution in [0.15, 0.2) is 42.7 Å². The summed E-state index contributed by atoms with van der Waals surface area (Å²) in [5.41, 5.74) is 6.57. The maximum Gasteiger partial charge on any atom is 0.138 e. The first kappa shape index (κ1) is 15.7. The van der Waals surface area contributed by atoms with Gasteiger partial charge in [0, 0.05) is 28.7 Å². The van der Waals surface area contributed by atoms with E-state index in [4.69, 9.17) is 0 Å². The Morgan fingerprint density at radius 2 is 1.61 bits per heavy atom. The summed E-state index contributed by atoms with van der Waals surface area (Å²) >= 11 is 0. The van der Waals surface area contributed by atoms with Gasteiger partial charge in [0.25, 0.3) is 0 Å². The first-order valence-corrected chi connectivity index (χ1v) is 11.0. The second-order valence-electron chi connectivity index (χ2n) is 6.03. The number of rotatable bonds is 3. The first-order chi connectivity index (χ1) is 11.2. The largest absolute Gasteiger partial charge is 0.254 e. The summed E-state index contributed by atoms with van der Waals surface area (Å²) in [6.45, 7) is 6.85. The van der Waals surface area contributed by atoms with Crippen LogP contribution in [0.4, 0.5) is 0 Å². The summed E-state index contributed by atoms with van der Waals surface area (Å²) in [6.07, 6.45) is 3.71. The molecule has 0 saturated carbocycles. The number of hydrogen-bond acceptors (Lipinski definition) is 2. The molecule has 2 heterocycles. The van der Waals surface area contributed by atoms with E-state index in [2.05, 4.69) is 66.5 Å². The minimum atomic E-state index is -1.41. The van der Waals surface area contributed by atoms with Crippen LogP contribution in [0.1, 0.15) is 26.3 Å². The summed E-state index contributed by atoms with van der Waals surface area (Å²) in [5, 5.41) is 2.24. The molecule has 3 aromatic rings. The predicted molar refractivity (Wildman–Crippen MR) is 101 cm³/mol. The Labute approximate surface area is 139 Å². The van der Waals surface area contributed by atoms with Gasteiger partial charge >= 0.3 is 0 Å². The van der Waals surface area contributed by atoms with Gasteiger partial charge in [0.15, 0.2) is 0 Å². The predicted octanol–water partition coefficient (Wildman–Crippen LogP) is 5.18. The molecule has 3 rings (SSSR count). The van der Waals surface area contributed by atoms with Crippen LogP contribution in [-0.2, 0) is 0 Å². The molecule has 2 aromatic heterocycles. The van der Waals surface area contributed by atoms with Crippen LogP contribution < -0.4 is 0 Å². The Morgan fingerprint density at radius 1 is 0.913 bits per heavy atom. The highest BCUT2D eigenvalue weighted by molar-refractivity contribution is 6.87. The maximum absolute atomic E-state index is 4.64. The fourth-order valence-electron chi connectivity index (χ4n) is 3.02. The van der Waals surface area contributed by atoms with E-state index in [1.807, 2.05) is 18.5 Å². The zero-order chi connectivity index (χ0) is 16.3. The van der Waals surface area contributed by atoms with Crippen LogP contribution in [0, 0.1) is 11.5 Å². The molecule has 116 valence electrons. The van der Waals surface area contributed by atoms with Gasteiger partial charge in [-0.25, -0.2) is 0 Å². The lowest BCUT2D eigenvalue weighted by Gasteiger charge is -2.19. The first-order valence-electron chi connectivity index (χ1n) is 8.38. The lowest BCUT2D eigenvalue weighted by molar-refractivity contribution is 1.20. The molecule has 0 unspecified atom stereocenters. The molecule has 23 heavy (non-hydrogen) atoms. The highest BCUT2D eigenvalue weighted by Gasteiger charge is 2.24. The van der Waals surface area contributed by atoms with Gasteiger partial charge < -0.3 is 0 Å². The van der Waals surface area contributed by atoms with Gasteiger partial charge in [0.1, 0.15) is 8.07 Å². The summed E-state index contributed by atoms with van der Waals surface area (Å²) in [5.74, 6) is 3.41. The van der Waals surface area contributed by atoms with Crippen LogP contribution >= 0.6 is 0 Å². The fraction of sp³-hybridized carbons (Fsp3) is 0.300. The molecule has 0 aliphatic heterocycles. The quantitative estimate of drug-likeness (QED) is 0.378. The zero-order valence-electron chi connectivity index (χ0n) is 14.1. The molecule has 2 nitrogen and oxygen atoms in total. The average molecular weight is 318 g/mol. The Kier molecular flexibility index (Phi) is 4.45. The van der Waals surface area contributed by atoms with Crippen LogP contribution in [0.2, 0.25) is 18.1 Å². The van der Waals surface area contributed by atoms with Gasteiger partial charge in [-0.2, -0.15) is 0 Å². The molecule has 0 aliphatic carbocycles. The minimum Gasteiger partial charge on any atom is -0.254 e. The van der Waals surface area contributed by atoms with Gasteiger partial charge in [0.05, 0.1) is 11.0 Å². The third-order valence-corrected chi connectivity index (χ3v) is 9.64. The van der Waals surface area contributed by atoms with Crippen LogP contribution in [0.25, 0.3) is 21.8 Å². The topological polar surface area (TPSA) is 25.8 Å².